The first-order valence-corrected chi connectivity index (χ1v) is 13.4. The van der Waals surface area contributed by atoms with Gasteiger partial charge in [0.1, 0.15) is 0 Å². The number of carbonyl (C=O) groups is 2. The lowest BCUT2D eigenvalue weighted by molar-refractivity contribution is -0.134. The Bertz CT molecular complexity index is 1000. The minimum atomic E-state index is -3.06. The highest BCUT2D eigenvalue weighted by Crippen LogP contribution is 2.28. The number of hydrogen-bond donors (Lipinski definition) is 1. The zero-order valence-corrected chi connectivity index (χ0v) is 19.4. The second-order valence-electron chi connectivity index (χ2n) is 7.23. The molecule has 0 aliphatic carbocycles. The summed E-state index contributed by atoms with van der Waals surface area (Å²) >= 11 is 2.85. The van der Waals surface area contributed by atoms with Crippen LogP contribution in [0.15, 0.2) is 34.0 Å². The van der Waals surface area contributed by atoms with Gasteiger partial charge in [-0.3, -0.25) is 9.59 Å². The smallest absolute Gasteiger partial charge is 0.239 e. The molecule has 1 aromatic carbocycles. The Morgan fingerprint density at radius 3 is 2.67 bits per heavy atom. The summed E-state index contributed by atoms with van der Waals surface area (Å²) in [5.74, 6) is -0.206. The number of carbonyl (C=O) groups excluding carboxylic acids is 2. The SMILES string of the molecule is CCN(CC(=O)N[C@H]1CCS(=O)(=O)C1)C(=O)CSc1nc(-c2ccc(C)cc2)cs1. The Hall–Kier alpha value is -1.91. The number of hydrogen-bond acceptors (Lipinski definition) is 7. The molecule has 1 aromatic heterocycles. The van der Waals surface area contributed by atoms with E-state index < -0.39 is 9.84 Å². The third kappa shape index (κ3) is 6.29. The van der Waals surface area contributed by atoms with Crippen LogP contribution < -0.4 is 5.32 Å². The molecule has 1 aliphatic rings. The fourth-order valence-corrected chi connectivity index (χ4v) is 6.54. The Morgan fingerprint density at radius 2 is 2.03 bits per heavy atom. The molecule has 1 aliphatic heterocycles. The van der Waals surface area contributed by atoms with Gasteiger partial charge in [-0.2, -0.15) is 0 Å². The number of sulfone groups is 1. The van der Waals surface area contributed by atoms with Gasteiger partial charge >= 0.3 is 0 Å². The molecule has 2 aromatic rings. The van der Waals surface area contributed by atoms with Crippen LogP contribution in [0, 0.1) is 6.92 Å². The molecule has 7 nitrogen and oxygen atoms in total. The highest BCUT2D eigenvalue weighted by Gasteiger charge is 2.29. The average molecular weight is 468 g/mol. The molecule has 162 valence electrons. The normalized spacial score (nSPS) is 17.6. The van der Waals surface area contributed by atoms with Crippen LogP contribution in [0.25, 0.3) is 11.3 Å². The first kappa shape index (κ1) is 22.8. The van der Waals surface area contributed by atoms with E-state index in [0.717, 1.165) is 15.6 Å². The van der Waals surface area contributed by atoms with Gasteiger partial charge in [-0.1, -0.05) is 41.6 Å². The summed E-state index contributed by atoms with van der Waals surface area (Å²) in [6.45, 7) is 4.18. The summed E-state index contributed by atoms with van der Waals surface area (Å²) < 4.78 is 23.8. The number of benzene rings is 1. The van der Waals surface area contributed by atoms with Gasteiger partial charge in [0.15, 0.2) is 14.2 Å². The standard InChI is InChI=1S/C20H25N3O4S3/c1-3-23(10-18(24)21-16-8-9-30(26,27)13-16)19(25)12-29-20-22-17(11-28-20)15-6-4-14(2)5-7-15/h4-7,11,16H,3,8-10,12-13H2,1-2H3,(H,21,24)/t16-/m0/s1. The van der Waals surface area contributed by atoms with Crippen LogP contribution >= 0.6 is 23.1 Å². The minimum Gasteiger partial charge on any atom is -0.351 e. The van der Waals surface area contributed by atoms with Crippen molar-refractivity contribution in [2.24, 2.45) is 0 Å². The topological polar surface area (TPSA) is 96.4 Å². The predicted octanol–water partition coefficient (Wildman–Crippen LogP) is 2.36. The summed E-state index contributed by atoms with van der Waals surface area (Å²) in [5.41, 5.74) is 3.11. The van der Waals surface area contributed by atoms with Crippen LogP contribution in [0.3, 0.4) is 0 Å². The fraction of sp³-hybridized carbons (Fsp3) is 0.450. The number of nitrogens with one attached hydrogen (secondary N) is 1. The summed E-state index contributed by atoms with van der Waals surface area (Å²) in [5, 5.41) is 4.69. The molecule has 0 unspecified atom stereocenters. The molecular formula is C20H25N3O4S3. The van der Waals surface area contributed by atoms with E-state index in [1.54, 1.807) is 0 Å². The number of aromatic nitrogens is 1. The zero-order chi connectivity index (χ0) is 21.7. The Labute approximate surface area is 185 Å². The lowest BCUT2D eigenvalue weighted by atomic mass is 10.1. The van der Waals surface area contributed by atoms with Gasteiger partial charge in [0.2, 0.25) is 11.8 Å². The molecule has 1 N–H and O–H groups in total. The molecule has 0 radical (unpaired) electrons. The molecular weight excluding hydrogens is 442 g/mol. The summed E-state index contributed by atoms with van der Waals surface area (Å²) in [6.07, 6.45) is 0.428. The van der Waals surface area contributed by atoms with Gasteiger partial charge in [0.25, 0.3) is 0 Å². The quantitative estimate of drug-likeness (QED) is 0.599. The van der Waals surface area contributed by atoms with Gasteiger partial charge in [0, 0.05) is 23.5 Å². The van der Waals surface area contributed by atoms with Crippen molar-refractivity contribution in [3.8, 4) is 11.3 Å². The first-order valence-electron chi connectivity index (χ1n) is 9.68. The van der Waals surface area contributed by atoms with Crippen LogP contribution in [-0.2, 0) is 19.4 Å². The van der Waals surface area contributed by atoms with Crippen molar-refractivity contribution in [1.82, 2.24) is 15.2 Å². The molecule has 1 atom stereocenters. The fourth-order valence-electron chi connectivity index (χ4n) is 3.13. The maximum atomic E-state index is 12.5. The van der Waals surface area contributed by atoms with E-state index in [0.29, 0.717) is 13.0 Å². The molecule has 10 heteroatoms. The van der Waals surface area contributed by atoms with Crippen molar-refractivity contribution in [3.63, 3.8) is 0 Å². The van der Waals surface area contributed by atoms with Gasteiger partial charge in [-0.05, 0) is 20.3 Å². The molecule has 30 heavy (non-hydrogen) atoms. The minimum absolute atomic E-state index is 0.0258. The highest BCUT2D eigenvalue weighted by molar-refractivity contribution is 8.01. The van der Waals surface area contributed by atoms with Crippen molar-refractivity contribution in [3.05, 3.63) is 35.2 Å². The third-order valence-electron chi connectivity index (χ3n) is 4.82. The third-order valence-corrected chi connectivity index (χ3v) is 8.59. The second kappa shape index (κ2) is 9.93. The molecule has 1 fully saturated rings. The van der Waals surface area contributed by atoms with E-state index in [2.05, 4.69) is 10.3 Å². The van der Waals surface area contributed by atoms with Crippen LogP contribution in [0.1, 0.15) is 18.9 Å². The molecule has 2 amide bonds. The molecule has 1 saturated heterocycles. The molecule has 3 rings (SSSR count). The lowest BCUT2D eigenvalue weighted by Crippen LogP contribution is -2.45. The van der Waals surface area contributed by atoms with E-state index in [-0.39, 0.29) is 41.7 Å². The van der Waals surface area contributed by atoms with E-state index in [4.69, 9.17) is 0 Å². The zero-order valence-electron chi connectivity index (χ0n) is 17.0. The lowest BCUT2D eigenvalue weighted by Gasteiger charge is -2.21. The molecule has 0 spiro atoms. The number of likely N-dealkylation sites (N-methyl/N-ethyl adjacent to an activating group) is 1. The average Bonchev–Trinajstić information content (AvgIpc) is 3.31. The predicted molar refractivity (Wildman–Crippen MR) is 120 cm³/mol. The number of rotatable bonds is 8. The molecule has 0 saturated carbocycles. The van der Waals surface area contributed by atoms with Crippen molar-refractivity contribution >= 4 is 44.8 Å². The number of nitrogens with zero attached hydrogens (tertiary/aromatic N) is 2. The number of thioether (sulfide) groups is 1. The maximum Gasteiger partial charge on any atom is 0.239 e. The maximum absolute atomic E-state index is 12.5. The van der Waals surface area contributed by atoms with Gasteiger partial charge < -0.3 is 10.2 Å². The van der Waals surface area contributed by atoms with E-state index in [9.17, 15) is 18.0 Å². The highest BCUT2D eigenvalue weighted by atomic mass is 32.2. The summed E-state index contributed by atoms with van der Waals surface area (Å²) in [4.78, 5) is 30.8. The van der Waals surface area contributed by atoms with Crippen molar-refractivity contribution in [1.29, 1.82) is 0 Å². The molecule has 2 heterocycles. The summed E-state index contributed by atoms with van der Waals surface area (Å²) in [7, 11) is -3.06. The van der Waals surface area contributed by atoms with Crippen LogP contribution in [-0.4, -0.2) is 66.5 Å². The first-order chi connectivity index (χ1) is 14.3. The monoisotopic (exact) mass is 467 g/mol. The largest absolute Gasteiger partial charge is 0.351 e. The van der Waals surface area contributed by atoms with E-state index >= 15 is 0 Å². The van der Waals surface area contributed by atoms with Crippen molar-refractivity contribution in [2.45, 2.75) is 30.6 Å². The number of amides is 2. The Balaban J connectivity index is 1.49. The van der Waals surface area contributed by atoms with Gasteiger partial charge in [-0.25, -0.2) is 13.4 Å². The number of aryl methyl sites for hydroxylation is 1. The number of thiazole rings is 1. The van der Waals surface area contributed by atoms with E-state index in [1.807, 2.05) is 43.5 Å². The van der Waals surface area contributed by atoms with Gasteiger partial charge in [0.05, 0.1) is 29.5 Å². The Kier molecular flexibility index (Phi) is 7.54. The van der Waals surface area contributed by atoms with E-state index in [1.165, 1.54) is 33.6 Å². The second-order valence-corrected chi connectivity index (χ2v) is 11.5. The van der Waals surface area contributed by atoms with Crippen LogP contribution in [0.4, 0.5) is 0 Å². The van der Waals surface area contributed by atoms with Crippen LogP contribution in [0.2, 0.25) is 0 Å². The van der Waals surface area contributed by atoms with Gasteiger partial charge in [-0.15, -0.1) is 11.3 Å². The molecule has 0 bridgehead atoms. The van der Waals surface area contributed by atoms with Crippen molar-refractivity contribution in [2.75, 3.05) is 30.3 Å². The Morgan fingerprint density at radius 1 is 1.30 bits per heavy atom. The van der Waals surface area contributed by atoms with Crippen molar-refractivity contribution < 1.29 is 18.0 Å². The van der Waals surface area contributed by atoms with Crippen LogP contribution in [0.5, 0.6) is 0 Å². The summed E-state index contributed by atoms with van der Waals surface area (Å²) in [6, 6.07) is 7.77.